The van der Waals surface area contributed by atoms with E-state index in [-0.39, 0.29) is 48.8 Å². The minimum atomic E-state index is -4.51. The summed E-state index contributed by atoms with van der Waals surface area (Å²) in [5, 5.41) is 3.08. The Morgan fingerprint density at radius 2 is 1.95 bits per heavy atom. The molecule has 1 N–H and O–H groups in total. The second kappa shape index (κ2) is 10.4. The fraction of sp³-hybridized carbons (Fsp3) is 0.583. The molecular weight excluding hydrogens is 557 g/mol. The maximum Gasteiger partial charge on any atom is 0.401 e. The van der Waals surface area contributed by atoms with E-state index < -0.39 is 69.8 Å². The van der Waals surface area contributed by atoms with Crippen molar-refractivity contribution in [2.45, 2.75) is 49.6 Å². The van der Waals surface area contributed by atoms with Gasteiger partial charge in [-0.1, -0.05) is 23.7 Å². The molecule has 14 heteroatoms. The third-order valence-corrected chi connectivity index (χ3v) is 9.13. The quantitative estimate of drug-likeness (QED) is 0.538. The molecule has 1 aromatic rings. The fourth-order valence-electron chi connectivity index (χ4n) is 5.55. The molecule has 2 amide bonds. The van der Waals surface area contributed by atoms with Crippen LogP contribution in [0.25, 0.3) is 0 Å². The van der Waals surface area contributed by atoms with Crippen LogP contribution in [0.1, 0.15) is 31.2 Å². The normalized spacial score (nSPS) is 31.5. The Balaban J connectivity index is 1.49. The first-order valence-electron chi connectivity index (χ1n) is 12.0. The molecule has 4 rings (SSSR count). The average molecular weight is 584 g/mol. The predicted octanol–water partition coefficient (Wildman–Crippen LogP) is 3.20. The highest BCUT2D eigenvalue weighted by molar-refractivity contribution is 7.94. The number of carbonyl (C=O) groups is 2. The first-order valence-corrected chi connectivity index (χ1v) is 14.1. The first-order chi connectivity index (χ1) is 17.6. The monoisotopic (exact) mass is 583 g/mol. The number of piperidine rings is 1. The van der Waals surface area contributed by atoms with Crippen LogP contribution in [0.5, 0.6) is 0 Å². The Kier molecular flexibility index (Phi) is 7.85. The van der Waals surface area contributed by atoms with E-state index in [0.717, 1.165) is 16.4 Å². The Morgan fingerprint density at radius 3 is 2.55 bits per heavy atom. The summed E-state index contributed by atoms with van der Waals surface area (Å²) in [7, 11) is -3.46. The molecule has 1 aromatic carbocycles. The number of alkyl halides is 4. The van der Waals surface area contributed by atoms with Gasteiger partial charge in [-0.25, -0.2) is 17.2 Å². The van der Waals surface area contributed by atoms with Crippen molar-refractivity contribution in [3.8, 4) is 0 Å². The first kappa shape index (κ1) is 28.8. The summed E-state index contributed by atoms with van der Waals surface area (Å²) in [6.07, 6.45) is -3.99. The lowest BCUT2D eigenvalue weighted by atomic mass is 9.84. The number of carbonyl (C=O) groups excluding carboxylic acids is 2. The van der Waals surface area contributed by atoms with Crippen molar-refractivity contribution in [3.05, 3.63) is 46.1 Å². The summed E-state index contributed by atoms with van der Waals surface area (Å²) in [5.41, 5.74) is -2.14. The van der Waals surface area contributed by atoms with Gasteiger partial charge in [-0.3, -0.25) is 14.5 Å². The lowest BCUT2D eigenvalue weighted by Gasteiger charge is -2.42. The number of halogens is 6. The Labute approximate surface area is 221 Å². The summed E-state index contributed by atoms with van der Waals surface area (Å²) in [6.45, 7) is -0.320. The number of nitrogens with zero attached hydrogens (tertiary/aromatic N) is 2. The standard InChI is InChI=1S/C24H27ClF5N3O4S/c1-14-9-23(27,22(35)31-15-5-8-38(36,37)12-15)6-7-33(14)21(34)18-11-32(13-24(28,29)30)10-17(18)16-3-2-4-19(26)20(16)25/h2-5,8,14-15,17-18H,6-7,9-13H2,1H3,(H,31,35)/t14-,15+,17-,18-,23-/m0/s1. The number of nitrogens with one attached hydrogen (secondary N) is 1. The molecule has 38 heavy (non-hydrogen) atoms. The fourth-order valence-corrected chi connectivity index (χ4v) is 7.05. The van der Waals surface area contributed by atoms with Gasteiger partial charge in [0.2, 0.25) is 5.91 Å². The second-order valence-electron chi connectivity index (χ2n) is 10.2. The van der Waals surface area contributed by atoms with Crippen LogP contribution in [-0.4, -0.2) is 85.9 Å². The molecule has 3 aliphatic rings. The summed E-state index contributed by atoms with van der Waals surface area (Å²) in [6, 6.07) is 2.32. The maximum absolute atomic E-state index is 15.6. The maximum atomic E-state index is 15.6. The number of likely N-dealkylation sites (tertiary alicyclic amines) is 2. The van der Waals surface area contributed by atoms with Gasteiger partial charge in [0.1, 0.15) is 5.82 Å². The van der Waals surface area contributed by atoms with Gasteiger partial charge in [-0.05, 0) is 24.6 Å². The number of benzene rings is 1. The minimum Gasteiger partial charge on any atom is -0.346 e. The lowest BCUT2D eigenvalue weighted by molar-refractivity contribution is -0.150. The van der Waals surface area contributed by atoms with Gasteiger partial charge >= 0.3 is 6.18 Å². The number of sulfone groups is 1. The zero-order valence-electron chi connectivity index (χ0n) is 20.3. The van der Waals surface area contributed by atoms with E-state index in [0.29, 0.717) is 0 Å². The van der Waals surface area contributed by atoms with Crippen LogP contribution in [0.3, 0.4) is 0 Å². The van der Waals surface area contributed by atoms with E-state index in [9.17, 15) is 35.6 Å². The molecule has 0 spiro atoms. The highest BCUT2D eigenvalue weighted by Crippen LogP contribution is 2.41. The van der Waals surface area contributed by atoms with E-state index in [1.807, 2.05) is 0 Å². The van der Waals surface area contributed by atoms with Crippen LogP contribution < -0.4 is 5.32 Å². The van der Waals surface area contributed by atoms with E-state index in [4.69, 9.17) is 11.6 Å². The van der Waals surface area contributed by atoms with E-state index in [2.05, 4.69) is 5.32 Å². The summed E-state index contributed by atoms with van der Waals surface area (Å²) in [4.78, 5) is 28.7. The van der Waals surface area contributed by atoms with Gasteiger partial charge < -0.3 is 10.2 Å². The average Bonchev–Trinajstić information content (AvgIpc) is 3.36. The van der Waals surface area contributed by atoms with Crippen LogP contribution in [0.2, 0.25) is 5.02 Å². The van der Waals surface area contributed by atoms with E-state index in [1.54, 1.807) is 0 Å². The van der Waals surface area contributed by atoms with E-state index in [1.165, 1.54) is 30.0 Å². The molecule has 2 saturated heterocycles. The van der Waals surface area contributed by atoms with Gasteiger partial charge in [0, 0.05) is 49.8 Å². The SMILES string of the molecule is C[C@H]1C[C@](F)(C(=O)N[C@@H]2C=CS(=O)(=O)C2)CCN1C(=O)[C@H]1CN(CC(F)(F)F)C[C@H]1c1cccc(F)c1Cl. The molecule has 0 aromatic heterocycles. The molecule has 3 heterocycles. The largest absolute Gasteiger partial charge is 0.401 e. The van der Waals surface area contributed by atoms with Crippen molar-refractivity contribution >= 4 is 33.3 Å². The third-order valence-electron chi connectivity index (χ3n) is 7.33. The van der Waals surface area contributed by atoms with Gasteiger partial charge in [0.25, 0.3) is 5.91 Å². The van der Waals surface area contributed by atoms with Crippen LogP contribution in [0, 0.1) is 11.7 Å². The molecule has 0 unspecified atom stereocenters. The molecule has 5 atom stereocenters. The summed E-state index contributed by atoms with van der Waals surface area (Å²) >= 11 is 6.12. The van der Waals surface area contributed by atoms with Crippen LogP contribution in [-0.2, 0) is 19.4 Å². The van der Waals surface area contributed by atoms with Crippen LogP contribution >= 0.6 is 11.6 Å². The predicted molar refractivity (Wildman–Crippen MR) is 129 cm³/mol. The summed E-state index contributed by atoms with van der Waals surface area (Å²) < 4.78 is 92.4. The summed E-state index contributed by atoms with van der Waals surface area (Å²) in [5.74, 6) is -4.45. The molecule has 7 nitrogen and oxygen atoms in total. The topological polar surface area (TPSA) is 86.8 Å². The van der Waals surface area contributed by atoms with Gasteiger partial charge in [0.05, 0.1) is 29.3 Å². The van der Waals surface area contributed by atoms with Crippen LogP contribution in [0.4, 0.5) is 22.0 Å². The lowest BCUT2D eigenvalue weighted by Crippen LogP contribution is -2.58. The number of hydrogen-bond donors (Lipinski definition) is 1. The Morgan fingerprint density at radius 1 is 1.24 bits per heavy atom. The molecule has 0 bridgehead atoms. The van der Waals surface area contributed by atoms with Crippen molar-refractivity contribution < 1.29 is 40.0 Å². The molecule has 0 saturated carbocycles. The zero-order chi connectivity index (χ0) is 28.0. The number of amides is 2. The molecule has 210 valence electrons. The highest BCUT2D eigenvalue weighted by atomic mass is 35.5. The van der Waals surface area contributed by atoms with Crippen molar-refractivity contribution in [2.75, 3.05) is 31.9 Å². The molecule has 0 aliphatic carbocycles. The Hall–Kier alpha value is -2.25. The smallest absolute Gasteiger partial charge is 0.346 e. The molecule has 3 aliphatic heterocycles. The minimum absolute atomic E-state index is 0.172. The van der Waals surface area contributed by atoms with Gasteiger partial charge in [-0.15, -0.1) is 0 Å². The number of hydrogen-bond acceptors (Lipinski definition) is 5. The Bertz CT molecular complexity index is 1240. The van der Waals surface area contributed by atoms with Crippen LogP contribution in [0.15, 0.2) is 29.7 Å². The number of rotatable bonds is 5. The zero-order valence-corrected chi connectivity index (χ0v) is 21.9. The highest BCUT2D eigenvalue weighted by Gasteiger charge is 2.50. The van der Waals surface area contributed by atoms with Crippen molar-refractivity contribution in [1.82, 2.24) is 15.1 Å². The van der Waals surface area contributed by atoms with Gasteiger partial charge in [-0.2, -0.15) is 13.2 Å². The van der Waals surface area contributed by atoms with E-state index >= 15 is 4.39 Å². The van der Waals surface area contributed by atoms with Crippen molar-refractivity contribution in [1.29, 1.82) is 0 Å². The van der Waals surface area contributed by atoms with Gasteiger partial charge in [0.15, 0.2) is 15.5 Å². The third kappa shape index (κ3) is 6.15. The molecule has 0 radical (unpaired) electrons. The van der Waals surface area contributed by atoms with Crippen molar-refractivity contribution in [3.63, 3.8) is 0 Å². The molecule has 2 fully saturated rings. The second-order valence-corrected chi connectivity index (χ2v) is 12.5. The van der Waals surface area contributed by atoms with Crippen molar-refractivity contribution in [2.24, 2.45) is 5.92 Å². The molecular formula is C24H27ClF5N3O4S.